The number of aromatic carboxylic acids is 1. The second-order valence-electron chi connectivity index (χ2n) is 4.37. The van der Waals surface area contributed by atoms with Crippen molar-refractivity contribution in [3.8, 4) is 0 Å². The molecule has 0 saturated heterocycles. The summed E-state index contributed by atoms with van der Waals surface area (Å²) in [5, 5.41) is 18.1. The zero-order valence-electron chi connectivity index (χ0n) is 10.3. The van der Waals surface area contributed by atoms with Crippen LogP contribution in [-0.4, -0.2) is 26.1 Å². The molecule has 1 aromatic heterocycles. The molecule has 5 nitrogen and oxygen atoms in total. The Morgan fingerprint density at radius 1 is 1.10 bits per heavy atom. The van der Waals surface area contributed by atoms with Gasteiger partial charge in [0.15, 0.2) is 0 Å². The second-order valence-corrected chi connectivity index (χ2v) is 4.80. The molecule has 0 aliphatic carbocycles. The summed E-state index contributed by atoms with van der Waals surface area (Å²) >= 11 is 5.90. The highest BCUT2D eigenvalue weighted by molar-refractivity contribution is 6.31. The molecule has 0 amide bonds. The molecule has 3 rings (SSSR count). The first kappa shape index (κ1) is 12.6. The van der Waals surface area contributed by atoms with E-state index in [2.05, 4.69) is 10.2 Å². The van der Waals surface area contributed by atoms with Crippen LogP contribution in [0.1, 0.15) is 15.9 Å². The van der Waals surface area contributed by atoms with E-state index in [-0.39, 0.29) is 5.56 Å². The van der Waals surface area contributed by atoms with E-state index in [9.17, 15) is 4.79 Å². The van der Waals surface area contributed by atoms with E-state index >= 15 is 0 Å². The number of nitrogens with zero attached hydrogens (tertiary/aromatic N) is 3. The van der Waals surface area contributed by atoms with Crippen LogP contribution in [0.3, 0.4) is 0 Å². The Morgan fingerprint density at radius 2 is 1.80 bits per heavy atom. The van der Waals surface area contributed by atoms with Crippen molar-refractivity contribution >= 4 is 28.6 Å². The van der Waals surface area contributed by atoms with Gasteiger partial charge in [0.1, 0.15) is 11.0 Å². The molecule has 0 saturated carbocycles. The normalized spacial score (nSPS) is 10.8. The van der Waals surface area contributed by atoms with Gasteiger partial charge in [0, 0.05) is 5.02 Å². The molecular formula is C14H10ClN3O2. The first-order valence-electron chi connectivity index (χ1n) is 5.94. The summed E-state index contributed by atoms with van der Waals surface area (Å²) in [4.78, 5) is 12.3. The Hall–Kier alpha value is -2.40. The first-order chi connectivity index (χ1) is 9.61. The lowest BCUT2D eigenvalue weighted by Gasteiger charge is -2.00. The van der Waals surface area contributed by atoms with Gasteiger partial charge in [0.2, 0.25) is 0 Å². The fraction of sp³-hybridized carbons (Fsp3) is 0.0714. The fourth-order valence-electron chi connectivity index (χ4n) is 1.92. The topological polar surface area (TPSA) is 68.0 Å². The number of carboxylic acid groups (broad SMARTS) is 1. The van der Waals surface area contributed by atoms with Crippen LogP contribution in [0.5, 0.6) is 0 Å². The summed E-state index contributed by atoms with van der Waals surface area (Å²) in [6.45, 7) is 0.478. The third-order valence-electron chi connectivity index (χ3n) is 2.91. The minimum absolute atomic E-state index is 0.263. The lowest BCUT2D eigenvalue weighted by Crippen LogP contribution is -2.04. The van der Waals surface area contributed by atoms with E-state index in [4.69, 9.17) is 16.7 Å². The Balaban J connectivity index is 1.87. The lowest BCUT2D eigenvalue weighted by molar-refractivity contribution is 0.0697. The van der Waals surface area contributed by atoms with Crippen molar-refractivity contribution in [2.24, 2.45) is 0 Å². The van der Waals surface area contributed by atoms with Crippen molar-refractivity contribution in [3.05, 3.63) is 58.6 Å². The molecule has 0 aliphatic heterocycles. The van der Waals surface area contributed by atoms with E-state index in [0.29, 0.717) is 11.6 Å². The average molecular weight is 288 g/mol. The summed E-state index contributed by atoms with van der Waals surface area (Å²) in [5.74, 6) is -0.936. The predicted octanol–water partition coefficient (Wildman–Crippen LogP) is 2.83. The summed E-state index contributed by atoms with van der Waals surface area (Å²) < 4.78 is 0. The number of hydrogen-bond acceptors (Lipinski definition) is 3. The number of carbonyl (C=O) groups is 1. The zero-order chi connectivity index (χ0) is 14.1. The van der Waals surface area contributed by atoms with Crippen LogP contribution in [-0.2, 0) is 6.54 Å². The maximum Gasteiger partial charge on any atom is 0.335 e. The van der Waals surface area contributed by atoms with Crippen molar-refractivity contribution in [3.63, 3.8) is 0 Å². The Bertz CT molecular complexity index is 781. The average Bonchev–Trinajstić information content (AvgIpc) is 2.80. The van der Waals surface area contributed by atoms with Crippen LogP contribution in [0, 0.1) is 0 Å². The van der Waals surface area contributed by atoms with Crippen LogP contribution in [0.15, 0.2) is 42.5 Å². The number of fused-ring (bicyclic) bond motifs is 1. The molecule has 3 aromatic rings. The Labute approximate surface area is 119 Å². The summed E-state index contributed by atoms with van der Waals surface area (Å²) in [6, 6.07) is 12.0. The monoisotopic (exact) mass is 287 g/mol. The Morgan fingerprint density at radius 3 is 2.50 bits per heavy atom. The molecule has 100 valence electrons. The highest BCUT2D eigenvalue weighted by Gasteiger charge is 2.05. The molecule has 0 bridgehead atoms. The highest BCUT2D eigenvalue weighted by atomic mass is 35.5. The number of carboxylic acids is 1. The van der Waals surface area contributed by atoms with Gasteiger partial charge in [-0.05, 0) is 35.9 Å². The van der Waals surface area contributed by atoms with Crippen molar-refractivity contribution in [2.45, 2.75) is 6.54 Å². The van der Waals surface area contributed by atoms with Crippen LogP contribution in [0.4, 0.5) is 0 Å². The molecule has 1 N–H and O–H groups in total. The van der Waals surface area contributed by atoms with Gasteiger partial charge in [0.05, 0.1) is 12.1 Å². The standard InChI is InChI=1S/C14H10ClN3O2/c15-11-5-6-12-13(7-11)17-18(16-12)8-9-1-3-10(4-2-9)14(19)20/h1-7H,8H2,(H,19,20). The van der Waals surface area contributed by atoms with Crippen LogP contribution < -0.4 is 0 Å². The number of aromatic nitrogens is 3. The molecule has 0 atom stereocenters. The summed E-state index contributed by atoms with van der Waals surface area (Å²) in [5.41, 5.74) is 2.71. The molecule has 1 heterocycles. The molecule has 6 heteroatoms. The van der Waals surface area contributed by atoms with Gasteiger partial charge in [-0.2, -0.15) is 15.0 Å². The fourth-order valence-corrected chi connectivity index (χ4v) is 2.09. The maximum atomic E-state index is 10.8. The van der Waals surface area contributed by atoms with Crippen molar-refractivity contribution < 1.29 is 9.90 Å². The molecule has 0 radical (unpaired) electrons. The van der Waals surface area contributed by atoms with Gasteiger partial charge < -0.3 is 5.11 Å². The van der Waals surface area contributed by atoms with Crippen LogP contribution >= 0.6 is 11.6 Å². The molecule has 20 heavy (non-hydrogen) atoms. The van der Waals surface area contributed by atoms with Gasteiger partial charge in [-0.15, -0.1) is 0 Å². The number of rotatable bonds is 3. The van der Waals surface area contributed by atoms with Gasteiger partial charge in [0.25, 0.3) is 0 Å². The maximum absolute atomic E-state index is 10.8. The molecule has 0 fully saturated rings. The van der Waals surface area contributed by atoms with E-state index in [1.165, 1.54) is 0 Å². The number of hydrogen-bond donors (Lipinski definition) is 1. The van der Waals surface area contributed by atoms with Crippen molar-refractivity contribution in [1.82, 2.24) is 15.0 Å². The molecule has 0 aliphatic rings. The van der Waals surface area contributed by atoms with Gasteiger partial charge in [-0.1, -0.05) is 23.7 Å². The summed E-state index contributed by atoms with van der Waals surface area (Å²) in [6.07, 6.45) is 0. The SMILES string of the molecule is O=C(O)c1ccc(Cn2nc3ccc(Cl)cc3n2)cc1. The van der Waals surface area contributed by atoms with E-state index < -0.39 is 5.97 Å². The molecule has 0 unspecified atom stereocenters. The highest BCUT2D eigenvalue weighted by Crippen LogP contribution is 2.16. The lowest BCUT2D eigenvalue weighted by atomic mass is 10.1. The minimum Gasteiger partial charge on any atom is -0.478 e. The molecule has 0 spiro atoms. The third kappa shape index (κ3) is 2.48. The molecule has 2 aromatic carbocycles. The van der Waals surface area contributed by atoms with Crippen molar-refractivity contribution in [1.29, 1.82) is 0 Å². The largest absolute Gasteiger partial charge is 0.478 e. The second kappa shape index (κ2) is 4.94. The summed E-state index contributed by atoms with van der Waals surface area (Å²) in [7, 11) is 0. The third-order valence-corrected chi connectivity index (χ3v) is 3.14. The molecular weight excluding hydrogens is 278 g/mol. The Kier molecular flexibility index (Phi) is 3.12. The van der Waals surface area contributed by atoms with E-state index in [0.717, 1.165) is 16.6 Å². The number of benzene rings is 2. The predicted molar refractivity (Wildman–Crippen MR) is 75.0 cm³/mol. The van der Waals surface area contributed by atoms with Gasteiger partial charge >= 0.3 is 5.97 Å². The van der Waals surface area contributed by atoms with Crippen LogP contribution in [0.2, 0.25) is 5.02 Å². The van der Waals surface area contributed by atoms with Crippen molar-refractivity contribution in [2.75, 3.05) is 0 Å². The number of halogens is 1. The van der Waals surface area contributed by atoms with E-state index in [1.54, 1.807) is 41.2 Å². The van der Waals surface area contributed by atoms with Gasteiger partial charge in [-0.25, -0.2) is 4.79 Å². The zero-order valence-corrected chi connectivity index (χ0v) is 11.1. The smallest absolute Gasteiger partial charge is 0.335 e. The minimum atomic E-state index is -0.936. The quantitative estimate of drug-likeness (QED) is 0.804. The van der Waals surface area contributed by atoms with Gasteiger partial charge in [-0.3, -0.25) is 0 Å². The first-order valence-corrected chi connectivity index (χ1v) is 6.32. The van der Waals surface area contributed by atoms with E-state index in [1.807, 2.05) is 6.07 Å². The van der Waals surface area contributed by atoms with Crippen LogP contribution in [0.25, 0.3) is 11.0 Å².